The highest BCUT2D eigenvalue weighted by atomic mass is 16.6. The van der Waals surface area contributed by atoms with Gasteiger partial charge >= 0.3 is 6.09 Å². The molecule has 6 rings (SSSR count). The maximum atomic E-state index is 13.6. The lowest BCUT2D eigenvalue weighted by molar-refractivity contribution is -0.0113. The van der Waals surface area contributed by atoms with Crippen LogP contribution < -0.4 is 20.3 Å². The average molecular weight is 676 g/mol. The lowest BCUT2D eigenvalue weighted by atomic mass is 9.91. The van der Waals surface area contributed by atoms with Crippen LogP contribution in [0.3, 0.4) is 0 Å². The third-order valence-corrected chi connectivity index (χ3v) is 9.46. The van der Waals surface area contributed by atoms with Crippen LogP contribution in [0.25, 0.3) is 0 Å². The molecule has 2 fully saturated rings. The number of carbonyl (C=O) groups is 2. The fourth-order valence-electron chi connectivity index (χ4n) is 6.27. The van der Waals surface area contributed by atoms with Gasteiger partial charge in [0.15, 0.2) is 12.2 Å². The molecule has 0 spiro atoms. The van der Waals surface area contributed by atoms with Crippen molar-refractivity contribution in [2.75, 3.05) is 50.0 Å². The molecule has 1 saturated carbocycles. The number of hydrogen-bond donors (Lipinski definition) is 3. The molecule has 4 heterocycles. The zero-order valence-corrected chi connectivity index (χ0v) is 29.2. The number of pyridine rings is 1. The van der Waals surface area contributed by atoms with Crippen LogP contribution in [0.5, 0.6) is 5.75 Å². The number of amides is 2. The molecule has 2 aliphatic heterocycles. The zero-order chi connectivity index (χ0) is 34.7. The van der Waals surface area contributed by atoms with Crippen molar-refractivity contribution in [3.05, 3.63) is 64.9 Å². The Morgan fingerprint density at radius 3 is 2.55 bits per heavy atom. The summed E-state index contributed by atoms with van der Waals surface area (Å²) in [4.78, 5) is 42.1. The van der Waals surface area contributed by atoms with Crippen LogP contribution >= 0.6 is 0 Å². The number of hydrogen-bond acceptors (Lipinski definition) is 11. The summed E-state index contributed by atoms with van der Waals surface area (Å²) < 4.78 is 17.1. The second-order valence-electron chi connectivity index (χ2n) is 14.4. The summed E-state index contributed by atoms with van der Waals surface area (Å²) in [6.07, 6.45) is 3.54. The molecule has 0 radical (unpaired) electrons. The summed E-state index contributed by atoms with van der Waals surface area (Å²) in [6, 6.07) is 9.07. The van der Waals surface area contributed by atoms with Crippen LogP contribution in [0.4, 0.5) is 16.4 Å². The maximum absolute atomic E-state index is 13.6. The molecule has 0 bridgehead atoms. The van der Waals surface area contributed by atoms with Crippen LogP contribution in [-0.4, -0.2) is 100 Å². The Morgan fingerprint density at radius 2 is 1.88 bits per heavy atom. The Bertz CT molecular complexity index is 1630. The van der Waals surface area contributed by atoms with E-state index in [0.717, 1.165) is 61.7 Å². The minimum atomic E-state index is -1.05. The second-order valence-corrected chi connectivity index (χ2v) is 14.4. The molecule has 264 valence electrons. The third kappa shape index (κ3) is 8.63. The molecule has 1 saturated heterocycles. The van der Waals surface area contributed by atoms with Gasteiger partial charge in [-0.15, -0.1) is 0 Å². The van der Waals surface area contributed by atoms with E-state index in [1.54, 1.807) is 11.0 Å². The summed E-state index contributed by atoms with van der Waals surface area (Å²) in [6.45, 7) is 11.2. The number of aromatic nitrogens is 2. The van der Waals surface area contributed by atoms with Crippen molar-refractivity contribution in [1.82, 2.24) is 25.1 Å². The van der Waals surface area contributed by atoms with Crippen molar-refractivity contribution in [3.8, 4) is 5.75 Å². The quantitative estimate of drug-likeness (QED) is 0.285. The number of benzene rings is 1. The van der Waals surface area contributed by atoms with Crippen molar-refractivity contribution in [2.45, 2.75) is 90.3 Å². The van der Waals surface area contributed by atoms with Crippen LogP contribution in [0.1, 0.15) is 73.0 Å². The monoisotopic (exact) mass is 675 g/mol. The number of aryl methyl sites for hydroxylation is 1. The maximum Gasteiger partial charge on any atom is 0.410 e. The smallest absolute Gasteiger partial charge is 0.410 e. The van der Waals surface area contributed by atoms with E-state index in [1.807, 2.05) is 52.0 Å². The highest BCUT2D eigenvalue weighted by Gasteiger charge is 2.37. The van der Waals surface area contributed by atoms with Crippen molar-refractivity contribution in [3.63, 3.8) is 0 Å². The highest BCUT2D eigenvalue weighted by Crippen LogP contribution is 2.31. The summed E-state index contributed by atoms with van der Waals surface area (Å²) >= 11 is 0. The number of ether oxygens (including phenoxy) is 2. The Hall–Kier alpha value is -4.36. The minimum Gasteiger partial charge on any atom is -0.486 e. The number of aliphatic hydroxyl groups excluding tert-OH is 1. The van der Waals surface area contributed by atoms with Crippen LogP contribution in [0, 0.1) is 6.92 Å². The first-order chi connectivity index (χ1) is 23.4. The third-order valence-electron chi connectivity index (χ3n) is 9.46. The lowest BCUT2D eigenvalue weighted by Gasteiger charge is -2.40. The molecule has 13 heteroatoms. The molecule has 3 aromatic rings. The van der Waals surface area contributed by atoms with Gasteiger partial charge in [-0.25, -0.2) is 14.8 Å². The molecule has 2 aromatic heterocycles. The Kier molecular flexibility index (Phi) is 10.3. The zero-order valence-electron chi connectivity index (χ0n) is 29.2. The molecule has 3 N–H and O–H groups in total. The highest BCUT2D eigenvalue weighted by molar-refractivity contribution is 5.95. The van der Waals surface area contributed by atoms with Gasteiger partial charge in [0.1, 0.15) is 29.6 Å². The second kappa shape index (κ2) is 14.6. The van der Waals surface area contributed by atoms with Gasteiger partial charge in [0, 0.05) is 50.9 Å². The predicted molar refractivity (Wildman–Crippen MR) is 185 cm³/mol. The number of fused-ring (bicyclic) bond motifs is 1. The van der Waals surface area contributed by atoms with E-state index in [4.69, 9.17) is 18.9 Å². The summed E-state index contributed by atoms with van der Waals surface area (Å²) in [5.41, 5.74) is 2.39. The largest absolute Gasteiger partial charge is 0.486 e. The average Bonchev–Trinajstić information content (AvgIpc) is 3.47. The number of anilines is 2. The van der Waals surface area contributed by atoms with E-state index in [0.29, 0.717) is 35.4 Å². The number of oxazole rings is 1. The SMILES string of the molecule is Cc1ncoc1COc1ccc2c(c1)CN(C(=O)OC(C)(C)C)[C@H]([C@H](O)CNC(=O)c1cc(NC3CCC3)nc(N3CCN(C)CC3)c1)C2. The number of aliphatic hydroxyl groups is 1. The fourth-order valence-corrected chi connectivity index (χ4v) is 6.27. The van der Waals surface area contributed by atoms with E-state index >= 15 is 0 Å². The molecule has 1 aromatic carbocycles. The van der Waals surface area contributed by atoms with Gasteiger partial charge in [-0.2, -0.15) is 0 Å². The Morgan fingerprint density at radius 1 is 1.10 bits per heavy atom. The van der Waals surface area contributed by atoms with Crippen LogP contribution in [0.15, 0.2) is 41.1 Å². The first kappa shape index (κ1) is 34.5. The van der Waals surface area contributed by atoms with Crippen LogP contribution in [-0.2, 0) is 24.3 Å². The number of nitrogens with zero attached hydrogens (tertiary/aromatic N) is 5. The van der Waals surface area contributed by atoms with Gasteiger partial charge in [-0.1, -0.05) is 6.07 Å². The van der Waals surface area contributed by atoms with Crippen LogP contribution in [0.2, 0.25) is 0 Å². The molecule has 13 nitrogen and oxygen atoms in total. The molecule has 2 amide bonds. The summed E-state index contributed by atoms with van der Waals surface area (Å²) in [7, 11) is 2.10. The molecular formula is C36H49N7O6. The normalized spacial score (nSPS) is 19.1. The standard InChI is InChI=1S/C36H49N7O6/c1-23-31(48-22-38-23)21-47-28-10-9-24-16-29(43(20-26(24)15-28)35(46)49-36(2,3)4)30(44)19-37-34(45)25-17-32(39-27-7-6-8-27)40-33(18-25)42-13-11-41(5)12-14-42/h9-10,15,17-18,22,27,29-30,44H,6-8,11-14,16,19-21H2,1-5H3,(H,37,45)(H,39,40)/t29-,30+/m0/s1. The van der Waals surface area contributed by atoms with Crippen molar-refractivity contribution < 1.29 is 28.6 Å². The van der Waals surface area contributed by atoms with Gasteiger partial charge in [0.05, 0.1) is 17.8 Å². The van der Waals surface area contributed by atoms with Gasteiger partial charge in [-0.3, -0.25) is 9.69 Å². The molecule has 0 unspecified atom stereocenters. The number of rotatable bonds is 10. The van der Waals surface area contributed by atoms with E-state index in [2.05, 4.69) is 32.5 Å². The topological polar surface area (TPSA) is 146 Å². The molecule has 3 aliphatic rings. The molecule has 1 aliphatic carbocycles. The van der Waals surface area contributed by atoms with E-state index in [1.165, 1.54) is 12.8 Å². The lowest BCUT2D eigenvalue weighted by Crippen LogP contribution is -2.54. The number of nitrogens with one attached hydrogen (secondary N) is 2. The van der Waals surface area contributed by atoms with Crippen molar-refractivity contribution >= 4 is 23.6 Å². The van der Waals surface area contributed by atoms with Gasteiger partial charge in [0.2, 0.25) is 0 Å². The van der Waals surface area contributed by atoms with E-state index < -0.39 is 23.8 Å². The number of piperazine rings is 1. The summed E-state index contributed by atoms with van der Waals surface area (Å²) in [5, 5.41) is 18.0. The van der Waals surface area contributed by atoms with Crippen molar-refractivity contribution in [1.29, 1.82) is 0 Å². The minimum absolute atomic E-state index is 0.0482. The molecule has 49 heavy (non-hydrogen) atoms. The molecule has 2 atom stereocenters. The number of likely N-dealkylation sites (N-methyl/N-ethyl adjacent to an activating group) is 1. The van der Waals surface area contributed by atoms with Gasteiger partial charge in [-0.05, 0) is 95.8 Å². The number of carbonyl (C=O) groups excluding carboxylic acids is 2. The van der Waals surface area contributed by atoms with E-state index in [-0.39, 0.29) is 25.6 Å². The fraction of sp³-hybridized carbons (Fsp3) is 0.556. The molecular weight excluding hydrogens is 626 g/mol. The van der Waals surface area contributed by atoms with Gasteiger partial charge < -0.3 is 39.4 Å². The van der Waals surface area contributed by atoms with Gasteiger partial charge in [0.25, 0.3) is 5.91 Å². The summed E-state index contributed by atoms with van der Waals surface area (Å²) in [5.74, 6) is 2.42. The predicted octanol–water partition coefficient (Wildman–Crippen LogP) is 4.13. The van der Waals surface area contributed by atoms with Crippen molar-refractivity contribution in [2.24, 2.45) is 0 Å². The Labute approximate surface area is 288 Å². The first-order valence-electron chi connectivity index (χ1n) is 17.2. The Balaban J connectivity index is 1.16. The van der Waals surface area contributed by atoms with E-state index in [9.17, 15) is 14.7 Å². The first-order valence-corrected chi connectivity index (χ1v) is 17.2.